The molecule has 4 heteroatoms. The lowest BCUT2D eigenvalue weighted by molar-refractivity contribution is 0.866. The van der Waals surface area contributed by atoms with E-state index >= 15 is 0 Å². The summed E-state index contributed by atoms with van der Waals surface area (Å²) >= 11 is 0. The van der Waals surface area contributed by atoms with Crippen LogP contribution in [0.4, 0.5) is 5.69 Å². The predicted molar refractivity (Wildman–Crippen MR) is 72.8 cm³/mol. The first-order valence-corrected chi connectivity index (χ1v) is 5.85. The molecule has 1 rings (SSSR count). The van der Waals surface area contributed by atoms with Crippen molar-refractivity contribution in [3.63, 3.8) is 0 Å². The number of nitrogens with one attached hydrogen (secondary N) is 1. The van der Waals surface area contributed by atoms with Gasteiger partial charge < -0.3 is 5.32 Å². The van der Waals surface area contributed by atoms with Crippen LogP contribution in [0.1, 0.15) is 30.9 Å². The van der Waals surface area contributed by atoms with Crippen molar-refractivity contribution in [3.8, 4) is 18.2 Å². The maximum absolute atomic E-state index is 9.02. The van der Waals surface area contributed by atoms with E-state index in [1.54, 1.807) is 12.1 Å². The zero-order chi connectivity index (χ0) is 14.4. The molecule has 0 saturated carbocycles. The van der Waals surface area contributed by atoms with Gasteiger partial charge in [0.15, 0.2) is 5.57 Å². The van der Waals surface area contributed by atoms with Crippen LogP contribution in [-0.2, 0) is 0 Å². The van der Waals surface area contributed by atoms with Crippen molar-refractivity contribution < 1.29 is 0 Å². The largest absolute Gasteiger partial charge is 0.345 e. The second-order valence-electron chi connectivity index (χ2n) is 4.44. The highest BCUT2D eigenvalue weighted by Gasteiger charge is 2.09. The van der Waals surface area contributed by atoms with Crippen molar-refractivity contribution in [2.45, 2.75) is 26.7 Å². The van der Waals surface area contributed by atoms with Gasteiger partial charge in [0.2, 0.25) is 0 Å². The highest BCUT2D eigenvalue weighted by atomic mass is 14.9. The Hall–Kier alpha value is -2.77. The summed E-state index contributed by atoms with van der Waals surface area (Å²) < 4.78 is 0. The Balaban J connectivity index is 3.24. The molecule has 0 aliphatic heterocycles. The van der Waals surface area contributed by atoms with Gasteiger partial charge in [0.05, 0.1) is 0 Å². The van der Waals surface area contributed by atoms with Crippen molar-refractivity contribution in [2.24, 2.45) is 0 Å². The van der Waals surface area contributed by atoms with Gasteiger partial charge >= 0.3 is 0 Å². The number of benzene rings is 1. The van der Waals surface area contributed by atoms with Crippen molar-refractivity contribution in [1.29, 1.82) is 15.8 Å². The van der Waals surface area contributed by atoms with Crippen molar-refractivity contribution in [1.82, 2.24) is 0 Å². The molecule has 0 bridgehead atoms. The molecule has 0 unspecified atom stereocenters. The standard InChI is InChI=1S/C15H14N4/c1-10(2)12-5-4-11(3)14(6-12)19-15(9-18)13(7-16)8-17/h4-6,10,19H,1-3H3. The van der Waals surface area contributed by atoms with E-state index in [-0.39, 0.29) is 11.3 Å². The first kappa shape index (κ1) is 14.3. The third-order valence-corrected chi connectivity index (χ3v) is 2.77. The molecule has 94 valence electrons. The van der Waals surface area contributed by atoms with E-state index < -0.39 is 0 Å². The van der Waals surface area contributed by atoms with Crippen molar-refractivity contribution in [2.75, 3.05) is 5.32 Å². The van der Waals surface area contributed by atoms with Gasteiger partial charge in [-0.2, -0.15) is 15.8 Å². The Morgan fingerprint density at radius 2 is 1.74 bits per heavy atom. The van der Waals surface area contributed by atoms with Crippen molar-refractivity contribution >= 4 is 5.69 Å². The average Bonchev–Trinajstić information content (AvgIpc) is 2.40. The highest BCUT2D eigenvalue weighted by Crippen LogP contribution is 2.23. The van der Waals surface area contributed by atoms with E-state index in [0.717, 1.165) is 16.8 Å². The molecule has 4 nitrogen and oxygen atoms in total. The zero-order valence-corrected chi connectivity index (χ0v) is 11.2. The fourth-order valence-electron chi connectivity index (χ4n) is 1.55. The summed E-state index contributed by atoms with van der Waals surface area (Å²) in [4.78, 5) is 0. The molecule has 19 heavy (non-hydrogen) atoms. The molecule has 0 aliphatic rings. The third-order valence-electron chi connectivity index (χ3n) is 2.77. The predicted octanol–water partition coefficient (Wildman–Crippen LogP) is 3.36. The van der Waals surface area contributed by atoms with Gasteiger partial charge in [-0.3, -0.25) is 0 Å². The van der Waals surface area contributed by atoms with Gasteiger partial charge in [-0.1, -0.05) is 26.0 Å². The minimum absolute atomic E-state index is 0.0194. The summed E-state index contributed by atoms with van der Waals surface area (Å²) in [6.45, 7) is 6.05. The van der Waals surface area contributed by atoms with Crippen LogP contribution in [-0.4, -0.2) is 0 Å². The number of aryl methyl sites for hydroxylation is 1. The highest BCUT2D eigenvalue weighted by molar-refractivity contribution is 5.62. The maximum atomic E-state index is 9.02. The second-order valence-corrected chi connectivity index (χ2v) is 4.44. The smallest absolute Gasteiger partial charge is 0.163 e. The molecule has 0 radical (unpaired) electrons. The summed E-state index contributed by atoms with van der Waals surface area (Å²) in [7, 11) is 0. The van der Waals surface area contributed by atoms with Crippen LogP contribution in [0, 0.1) is 40.9 Å². The minimum Gasteiger partial charge on any atom is -0.345 e. The second kappa shape index (κ2) is 6.24. The fourth-order valence-corrected chi connectivity index (χ4v) is 1.55. The summed E-state index contributed by atoms with van der Waals surface area (Å²) in [6.07, 6.45) is 0. The molecule has 0 heterocycles. The lowest BCUT2D eigenvalue weighted by Gasteiger charge is -2.12. The number of nitrogens with zero attached hydrogens (tertiary/aromatic N) is 3. The summed E-state index contributed by atoms with van der Waals surface area (Å²) in [5.74, 6) is 0.363. The van der Waals surface area contributed by atoms with E-state index in [4.69, 9.17) is 15.8 Å². The normalized spacial score (nSPS) is 9.11. The quantitative estimate of drug-likeness (QED) is 0.834. The molecule has 0 fully saturated rings. The minimum atomic E-state index is -0.211. The average molecular weight is 250 g/mol. The maximum Gasteiger partial charge on any atom is 0.163 e. The molecule has 0 aromatic heterocycles. The molecule has 1 aromatic carbocycles. The molecule has 0 saturated heterocycles. The topological polar surface area (TPSA) is 83.4 Å². The third kappa shape index (κ3) is 3.35. The summed E-state index contributed by atoms with van der Waals surface area (Å²) in [5.41, 5.74) is 2.59. The Kier molecular flexibility index (Phi) is 4.69. The number of allylic oxidation sites excluding steroid dienone is 2. The molecule has 1 aromatic rings. The molecule has 0 atom stereocenters. The van der Waals surface area contributed by atoms with Crippen LogP contribution in [0.25, 0.3) is 0 Å². The first-order chi connectivity index (χ1) is 9.03. The lowest BCUT2D eigenvalue weighted by Crippen LogP contribution is -2.03. The molecule has 1 N–H and O–H groups in total. The van der Waals surface area contributed by atoms with Crippen LogP contribution in [0.5, 0.6) is 0 Å². The molecular weight excluding hydrogens is 236 g/mol. The Morgan fingerprint density at radius 3 is 2.21 bits per heavy atom. The van der Waals surface area contributed by atoms with Crippen LogP contribution in [0.15, 0.2) is 29.5 Å². The SMILES string of the molecule is Cc1ccc(C(C)C)cc1NC(C#N)=C(C#N)C#N. The van der Waals surface area contributed by atoms with E-state index in [1.807, 2.05) is 31.2 Å². The zero-order valence-electron chi connectivity index (χ0n) is 11.2. The molecule has 0 aliphatic carbocycles. The summed E-state index contributed by atoms with van der Waals surface area (Å²) in [5, 5.41) is 29.5. The van der Waals surface area contributed by atoms with Gasteiger partial charge in [-0.05, 0) is 30.0 Å². The van der Waals surface area contributed by atoms with Crippen molar-refractivity contribution in [3.05, 3.63) is 40.6 Å². The fraction of sp³-hybridized carbons (Fsp3) is 0.267. The number of anilines is 1. The van der Waals surface area contributed by atoms with E-state index in [1.165, 1.54) is 0 Å². The van der Waals surface area contributed by atoms with Crippen LogP contribution in [0.3, 0.4) is 0 Å². The number of rotatable bonds is 3. The monoisotopic (exact) mass is 250 g/mol. The van der Waals surface area contributed by atoms with Gasteiger partial charge in [0.1, 0.15) is 23.9 Å². The number of hydrogen-bond donors (Lipinski definition) is 1. The van der Waals surface area contributed by atoms with Crippen LogP contribution >= 0.6 is 0 Å². The van der Waals surface area contributed by atoms with E-state index in [0.29, 0.717) is 5.92 Å². The van der Waals surface area contributed by atoms with Crippen LogP contribution in [0.2, 0.25) is 0 Å². The Bertz CT molecular complexity index is 618. The van der Waals surface area contributed by atoms with E-state index in [9.17, 15) is 0 Å². The number of hydrogen-bond acceptors (Lipinski definition) is 4. The first-order valence-electron chi connectivity index (χ1n) is 5.85. The van der Waals surface area contributed by atoms with Gasteiger partial charge in [-0.25, -0.2) is 0 Å². The Labute approximate surface area is 113 Å². The van der Waals surface area contributed by atoms with Gasteiger partial charge in [0.25, 0.3) is 0 Å². The van der Waals surface area contributed by atoms with Gasteiger partial charge in [0, 0.05) is 5.69 Å². The Morgan fingerprint density at radius 1 is 1.11 bits per heavy atom. The lowest BCUT2D eigenvalue weighted by atomic mass is 10.0. The molecule has 0 amide bonds. The molecule has 0 spiro atoms. The van der Waals surface area contributed by atoms with Crippen LogP contribution < -0.4 is 5.32 Å². The molecular formula is C15H14N4. The van der Waals surface area contributed by atoms with E-state index in [2.05, 4.69) is 19.2 Å². The summed E-state index contributed by atoms with van der Waals surface area (Å²) in [6, 6.07) is 11.2. The van der Waals surface area contributed by atoms with Gasteiger partial charge in [-0.15, -0.1) is 0 Å². The number of nitriles is 3.